The Morgan fingerprint density at radius 3 is 2.75 bits per heavy atom. The van der Waals surface area contributed by atoms with E-state index in [4.69, 9.17) is 16.3 Å². The molecule has 6 atom stereocenters. The maximum absolute atomic E-state index is 10.3. The number of imidazole rings is 1. The molecule has 1 aliphatic carbocycles. The van der Waals surface area contributed by atoms with Gasteiger partial charge in [-0.1, -0.05) is 26.2 Å². The van der Waals surface area contributed by atoms with Crippen molar-refractivity contribution in [2.75, 3.05) is 11.9 Å². The molecule has 0 radical (unpaired) electrons. The standard InChI is InChI=1S/C18H26ClN5O4/c1-2-9-5-3-4-6-10(9)21-15-12-16(23-18(19)22-15)24(8-20-12)17-14(27)13(26)11(7-25)28-17/h8-11,13-14,17,25-27H,2-7H2,1H3,(H,21,22,23)/t9-,10?,11+,13+,14+,17+/m0/s1. The number of ether oxygens (including phenoxy) is 1. The average Bonchev–Trinajstić information content (AvgIpc) is 3.23. The van der Waals surface area contributed by atoms with Crippen molar-refractivity contribution in [3.8, 4) is 0 Å². The quantitative estimate of drug-likeness (QED) is 0.545. The van der Waals surface area contributed by atoms with Crippen LogP contribution in [0.1, 0.15) is 45.3 Å². The Labute approximate surface area is 167 Å². The van der Waals surface area contributed by atoms with Crippen LogP contribution in [-0.2, 0) is 4.74 Å². The number of rotatable bonds is 5. The van der Waals surface area contributed by atoms with Gasteiger partial charge < -0.3 is 25.4 Å². The van der Waals surface area contributed by atoms with Gasteiger partial charge in [0.2, 0.25) is 5.28 Å². The Kier molecular flexibility index (Phi) is 5.71. The van der Waals surface area contributed by atoms with Crippen LogP contribution in [0.25, 0.3) is 11.2 Å². The monoisotopic (exact) mass is 411 g/mol. The molecule has 0 spiro atoms. The number of nitrogens with one attached hydrogen (secondary N) is 1. The van der Waals surface area contributed by atoms with Crippen molar-refractivity contribution in [3.63, 3.8) is 0 Å². The minimum Gasteiger partial charge on any atom is -0.394 e. The minimum absolute atomic E-state index is 0.0624. The van der Waals surface area contributed by atoms with E-state index < -0.39 is 31.1 Å². The molecule has 0 aromatic carbocycles. The molecule has 10 heteroatoms. The van der Waals surface area contributed by atoms with Gasteiger partial charge in [-0.25, -0.2) is 4.98 Å². The van der Waals surface area contributed by atoms with Crippen molar-refractivity contribution in [3.05, 3.63) is 11.6 Å². The van der Waals surface area contributed by atoms with Crippen LogP contribution in [0.2, 0.25) is 5.28 Å². The van der Waals surface area contributed by atoms with Gasteiger partial charge in [0, 0.05) is 6.04 Å². The average molecular weight is 412 g/mol. The molecule has 2 aromatic rings. The highest BCUT2D eigenvalue weighted by atomic mass is 35.5. The number of aliphatic hydroxyl groups excluding tert-OH is 3. The van der Waals surface area contributed by atoms with Crippen molar-refractivity contribution in [1.82, 2.24) is 19.5 Å². The smallest absolute Gasteiger partial charge is 0.226 e. The van der Waals surface area contributed by atoms with Crippen LogP contribution < -0.4 is 5.32 Å². The molecule has 1 unspecified atom stereocenters. The number of hydrogen-bond donors (Lipinski definition) is 4. The lowest BCUT2D eigenvalue weighted by Gasteiger charge is -2.31. The molecular weight excluding hydrogens is 386 g/mol. The van der Waals surface area contributed by atoms with Crippen molar-refractivity contribution < 1.29 is 20.1 Å². The topological polar surface area (TPSA) is 126 Å². The second kappa shape index (κ2) is 8.08. The molecule has 3 heterocycles. The number of aromatic nitrogens is 4. The summed E-state index contributed by atoms with van der Waals surface area (Å²) >= 11 is 6.17. The first-order chi connectivity index (χ1) is 13.5. The van der Waals surface area contributed by atoms with Gasteiger partial charge >= 0.3 is 0 Å². The number of anilines is 1. The van der Waals surface area contributed by atoms with Crippen molar-refractivity contribution in [2.24, 2.45) is 5.92 Å². The van der Waals surface area contributed by atoms with E-state index >= 15 is 0 Å². The molecular formula is C18H26ClN5O4. The highest BCUT2D eigenvalue weighted by Gasteiger charge is 2.44. The molecule has 28 heavy (non-hydrogen) atoms. The number of hydrogen-bond acceptors (Lipinski definition) is 8. The van der Waals surface area contributed by atoms with Gasteiger partial charge in [0.05, 0.1) is 12.9 Å². The summed E-state index contributed by atoms with van der Waals surface area (Å²) in [6, 6.07) is 0.298. The fraction of sp³-hybridized carbons (Fsp3) is 0.722. The summed E-state index contributed by atoms with van der Waals surface area (Å²) < 4.78 is 7.12. The maximum Gasteiger partial charge on any atom is 0.226 e. The van der Waals surface area contributed by atoms with Crippen LogP contribution in [-0.4, -0.2) is 65.8 Å². The second-order valence-corrected chi connectivity index (χ2v) is 7.94. The fourth-order valence-electron chi connectivity index (χ4n) is 4.35. The van der Waals surface area contributed by atoms with E-state index in [1.807, 2.05) is 0 Å². The molecule has 2 aromatic heterocycles. The van der Waals surface area contributed by atoms with Crippen molar-refractivity contribution >= 4 is 28.6 Å². The molecule has 4 N–H and O–H groups in total. The van der Waals surface area contributed by atoms with Crippen molar-refractivity contribution in [2.45, 2.75) is 69.6 Å². The van der Waals surface area contributed by atoms with E-state index in [2.05, 4.69) is 27.2 Å². The summed E-state index contributed by atoms with van der Waals surface area (Å²) in [5.41, 5.74) is 0.934. The summed E-state index contributed by atoms with van der Waals surface area (Å²) in [6.07, 6.45) is 3.04. The zero-order valence-electron chi connectivity index (χ0n) is 15.7. The first-order valence-corrected chi connectivity index (χ1v) is 10.2. The third kappa shape index (κ3) is 3.46. The number of fused-ring (bicyclic) bond motifs is 1. The van der Waals surface area contributed by atoms with Gasteiger partial charge in [-0.2, -0.15) is 9.97 Å². The summed E-state index contributed by atoms with van der Waals surface area (Å²) in [5, 5.41) is 33.3. The fourth-order valence-corrected chi connectivity index (χ4v) is 4.51. The van der Waals surface area contributed by atoms with Gasteiger partial charge in [0.15, 0.2) is 23.2 Å². The van der Waals surface area contributed by atoms with E-state index in [-0.39, 0.29) is 5.28 Å². The van der Waals surface area contributed by atoms with Gasteiger partial charge in [-0.05, 0) is 30.4 Å². The Morgan fingerprint density at radius 2 is 2.04 bits per heavy atom. The highest BCUT2D eigenvalue weighted by molar-refractivity contribution is 6.28. The second-order valence-electron chi connectivity index (χ2n) is 7.60. The Hall–Kier alpha value is -1.52. The van der Waals surface area contributed by atoms with Crippen LogP contribution in [0, 0.1) is 5.92 Å². The van der Waals surface area contributed by atoms with Crippen LogP contribution in [0.4, 0.5) is 5.82 Å². The van der Waals surface area contributed by atoms with E-state index in [0.717, 1.165) is 12.8 Å². The molecule has 154 valence electrons. The summed E-state index contributed by atoms with van der Waals surface area (Å²) in [6.45, 7) is 1.80. The van der Waals surface area contributed by atoms with Gasteiger partial charge in [-0.3, -0.25) is 4.57 Å². The summed E-state index contributed by atoms with van der Waals surface area (Å²) in [7, 11) is 0. The summed E-state index contributed by atoms with van der Waals surface area (Å²) in [5.74, 6) is 1.13. The number of halogens is 1. The van der Waals surface area contributed by atoms with E-state index in [1.165, 1.54) is 30.2 Å². The van der Waals surface area contributed by atoms with Crippen molar-refractivity contribution in [1.29, 1.82) is 0 Å². The normalized spacial score (nSPS) is 33.5. The molecule has 0 bridgehead atoms. The van der Waals surface area contributed by atoms with E-state index in [1.54, 1.807) is 0 Å². The van der Waals surface area contributed by atoms with Gasteiger partial charge in [0.25, 0.3) is 0 Å². The molecule has 2 aliphatic rings. The Morgan fingerprint density at radius 1 is 1.25 bits per heavy atom. The maximum atomic E-state index is 10.3. The predicted molar refractivity (Wildman–Crippen MR) is 103 cm³/mol. The first-order valence-electron chi connectivity index (χ1n) is 9.82. The number of aliphatic hydroxyl groups is 3. The lowest BCUT2D eigenvalue weighted by Crippen LogP contribution is -2.33. The molecule has 1 aliphatic heterocycles. The SMILES string of the molecule is CC[C@H]1CCCCC1Nc1nc(Cl)nc2c1ncn2[C@@H]1O[C@H](CO)[C@@H](O)[C@H]1O. The number of nitrogens with zero attached hydrogens (tertiary/aromatic N) is 4. The first kappa shape index (κ1) is 19.8. The Bertz CT molecular complexity index is 834. The highest BCUT2D eigenvalue weighted by Crippen LogP contribution is 2.34. The van der Waals surface area contributed by atoms with Crippen LogP contribution >= 0.6 is 11.6 Å². The predicted octanol–water partition coefficient (Wildman–Crippen LogP) is 1.47. The summed E-state index contributed by atoms with van der Waals surface area (Å²) in [4.78, 5) is 13.0. The third-order valence-corrected chi connectivity index (χ3v) is 6.11. The Balaban J connectivity index is 1.67. The van der Waals surface area contributed by atoms with E-state index in [0.29, 0.717) is 28.9 Å². The van der Waals surface area contributed by atoms with Gasteiger partial charge in [-0.15, -0.1) is 0 Å². The third-order valence-electron chi connectivity index (χ3n) is 5.94. The molecule has 4 rings (SSSR count). The largest absolute Gasteiger partial charge is 0.394 e. The van der Waals surface area contributed by atoms with Crippen LogP contribution in [0.3, 0.4) is 0 Å². The zero-order valence-corrected chi connectivity index (χ0v) is 16.5. The lowest BCUT2D eigenvalue weighted by atomic mass is 9.83. The molecule has 2 fully saturated rings. The molecule has 9 nitrogen and oxygen atoms in total. The van der Waals surface area contributed by atoms with E-state index in [9.17, 15) is 15.3 Å². The minimum atomic E-state index is -1.22. The molecule has 1 saturated carbocycles. The zero-order chi connectivity index (χ0) is 19.8. The lowest BCUT2D eigenvalue weighted by molar-refractivity contribution is -0.0511. The van der Waals surface area contributed by atoms with Crippen LogP contribution in [0.15, 0.2) is 6.33 Å². The van der Waals surface area contributed by atoms with Gasteiger partial charge in [0.1, 0.15) is 18.3 Å². The molecule has 0 amide bonds. The molecule has 1 saturated heterocycles. The van der Waals surface area contributed by atoms with Crippen LogP contribution in [0.5, 0.6) is 0 Å².